The number of aliphatic hydroxyl groups excluding tert-OH is 1. The minimum atomic E-state index is -0.630. The van der Waals surface area contributed by atoms with Crippen LogP contribution < -0.4 is 4.90 Å². The first-order valence-electron chi connectivity index (χ1n) is 6.72. The Morgan fingerprint density at radius 3 is 2.50 bits per heavy atom. The van der Waals surface area contributed by atoms with E-state index in [9.17, 15) is 9.50 Å². The van der Waals surface area contributed by atoms with Crippen LogP contribution in [0.25, 0.3) is 0 Å². The van der Waals surface area contributed by atoms with Gasteiger partial charge in [-0.05, 0) is 50.3 Å². The van der Waals surface area contributed by atoms with Gasteiger partial charge in [0.15, 0.2) is 0 Å². The first kappa shape index (κ1) is 13.3. The van der Waals surface area contributed by atoms with Crippen LogP contribution in [0.3, 0.4) is 0 Å². The lowest BCUT2D eigenvalue weighted by Gasteiger charge is -2.34. The van der Waals surface area contributed by atoms with Crippen LogP contribution in [0.2, 0.25) is 0 Å². The molecule has 1 aliphatic heterocycles. The Balaban J connectivity index is 2.33. The van der Waals surface area contributed by atoms with Gasteiger partial charge in [-0.1, -0.05) is 6.92 Å². The number of hydrogen-bond acceptors (Lipinski definition) is 2. The molecule has 1 fully saturated rings. The highest BCUT2D eigenvalue weighted by atomic mass is 19.1. The van der Waals surface area contributed by atoms with Gasteiger partial charge in [-0.25, -0.2) is 4.39 Å². The maximum Gasteiger partial charge on any atom is 0.126 e. The van der Waals surface area contributed by atoms with Gasteiger partial charge < -0.3 is 10.0 Å². The van der Waals surface area contributed by atoms with Gasteiger partial charge in [0, 0.05) is 24.3 Å². The third-order valence-corrected chi connectivity index (χ3v) is 3.88. The topological polar surface area (TPSA) is 23.5 Å². The van der Waals surface area contributed by atoms with E-state index in [2.05, 4.69) is 11.8 Å². The quantitative estimate of drug-likeness (QED) is 0.870. The van der Waals surface area contributed by atoms with E-state index >= 15 is 0 Å². The second-order valence-corrected chi connectivity index (χ2v) is 5.51. The predicted molar refractivity (Wildman–Crippen MR) is 72.4 cm³/mol. The molecular weight excluding hydrogens is 229 g/mol. The minimum absolute atomic E-state index is 0.236. The number of piperidine rings is 1. The fraction of sp³-hybridized carbons (Fsp3) is 0.600. The number of halogens is 1. The van der Waals surface area contributed by atoms with Gasteiger partial charge in [0.05, 0.1) is 6.10 Å². The van der Waals surface area contributed by atoms with Gasteiger partial charge >= 0.3 is 0 Å². The molecule has 0 unspecified atom stereocenters. The molecule has 100 valence electrons. The first-order valence-corrected chi connectivity index (χ1v) is 6.72. The van der Waals surface area contributed by atoms with Crippen LogP contribution in [0.5, 0.6) is 0 Å². The lowest BCUT2D eigenvalue weighted by atomic mass is 9.96. The van der Waals surface area contributed by atoms with Gasteiger partial charge in [-0.15, -0.1) is 0 Å². The Bertz CT molecular complexity index is 423. The maximum absolute atomic E-state index is 13.6. The van der Waals surface area contributed by atoms with Gasteiger partial charge in [-0.2, -0.15) is 0 Å². The van der Waals surface area contributed by atoms with E-state index in [1.54, 1.807) is 13.8 Å². The first-order chi connectivity index (χ1) is 8.49. The zero-order chi connectivity index (χ0) is 13.3. The Morgan fingerprint density at radius 1 is 1.33 bits per heavy atom. The van der Waals surface area contributed by atoms with Crippen molar-refractivity contribution in [2.75, 3.05) is 18.0 Å². The molecule has 0 amide bonds. The summed E-state index contributed by atoms with van der Waals surface area (Å²) in [6, 6.07) is 3.35. The predicted octanol–water partition coefficient (Wildman–Crippen LogP) is 3.42. The summed E-state index contributed by atoms with van der Waals surface area (Å²) in [4.78, 5) is 2.27. The molecule has 1 aromatic carbocycles. The van der Waals surface area contributed by atoms with Crippen molar-refractivity contribution in [2.24, 2.45) is 5.92 Å². The van der Waals surface area contributed by atoms with Gasteiger partial charge in [-0.3, -0.25) is 0 Å². The van der Waals surface area contributed by atoms with Crippen molar-refractivity contribution in [1.82, 2.24) is 0 Å². The Hall–Kier alpha value is -1.09. The highest BCUT2D eigenvalue weighted by Crippen LogP contribution is 2.32. The molecule has 1 aliphatic rings. The third kappa shape index (κ3) is 2.66. The molecule has 0 bridgehead atoms. The highest BCUT2D eigenvalue weighted by Gasteiger charge is 2.21. The lowest BCUT2D eigenvalue weighted by Crippen LogP contribution is -2.33. The smallest absolute Gasteiger partial charge is 0.126 e. The van der Waals surface area contributed by atoms with Crippen LogP contribution in [0.1, 0.15) is 43.9 Å². The van der Waals surface area contributed by atoms with E-state index in [1.165, 1.54) is 6.07 Å². The number of hydrogen-bond donors (Lipinski definition) is 1. The second kappa shape index (κ2) is 5.27. The average molecular weight is 251 g/mol. The van der Waals surface area contributed by atoms with E-state index in [-0.39, 0.29) is 5.82 Å². The molecule has 2 rings (SSSR count). The summed E-state index contributed by atoms with van der Waals surface area (Å²) in [5.74, 6) is 0.526. The number of nitrogens with zero attached hydrogens (tertiary/aromatic N) is 1. The number of rotatable bonds is 2. The molecular formula is C15H22FNO. The molecule has 1 saturated heterocycles. The van der Waals surface area contributed by atoms with Gasteiger partial charge in [0.25, 0.3) is 0 Å². The van der Waals surface area contributed by atoms with Gasteiger partial charge in [0.2, 0.25) is 0 Å². The highest BCUT2D eigenvalue weighted by molar-refractivity contribution is 5.57. The van der Waals surface area contributed by atoms with Crippen molar-refractivity contribution in [3.8, 4) is 0 Å². The van der Waals surface area contributed by atoms with Crippen molar-refractivity contribution < 1.29 is 9.50 Å². The van der Waals surface area contributed by atoms with Gasteiger partial charge in [0.1, 0.15) is 5.82 Å². The Morgan fingerprint density at radius 2 is 1.94 bits per heavy atom. The second-order valence-electron chi connectivity index (χ2n) is 5.51. The van der Waals surface area contributed by atoms with Crippen molar-refractivity contribution in [1.29, 1.82) is 0 Å². The van der Waals surface area contributed by atoms with Crippen LogP contribution in [-0.2, 0) is 0 Å². The fourth-order valence-electron chi connectivity index (χ4n) is 2.54. The Labute approximate surface area is 108 Å². The normalized spacial score (nSPS) is 19.1. The molecule has 0 aromatic heterocycles. The SMILES string of the molecule is Cc1cc(N2CCC(C)CC2)c([C@@H](C)O)cc1F. The molecule has 2 nitrogen and oxygen atoms in total. The van der Waals surface area contributed by atoms with Crippen molar-refractivity contribution in [3.63, 3.8) is 0 Å². The molecule has 0 aliphatic carbocycles. The fourth-order valence-corrected chi connectivity index (χ4v) is 2.54. The summed E-state index contributed by atoms with van der Waals surface area (Å²) in [5, 5.41) is 9.81. The summed E-state index contributed by atoms with van der Waals surface area (Å²) in [6.45, 7) is 7.72. The summed E-state index contributed by atoms with van der Waals surface area (Å²) >= 11 is 0. The average Bonchev–Trinajstić information content (AvgIpc) is 2.33. The summed E-state index contributed by atoms with van der Waals surface area (Å²) < 4.78 is 13.6. The molecule has 1 aromatic rings. The van der Waals surface area contributed by atoms with Crippen molar-refractivity contribution in [2.45, 2.75) is 39.7 Å². The molecule has 18 heavy (non-hydrogen) atoms. The largest absolute Gasteiger partial charge is 0.389 e. The molecule has 1 N–H and O–H groups in total. The number of anilines is 1. The summed E-state index contributed by atoms with van der Waals surface area (Å²) in [6.07, 6.45) is 1.69. The van der Waals surface area contributed by atoms with E-state index in [1.807, 2.05) is 6.07 Å². The van der Waals surface area contributed by atoms with Crippen LogP contribution in [0.15, 0.2) is 12.1 Å². The van der Waals surface area contributed by atoms with E-state index in [0.717, 1.165) is 37.5 Å². The van der Waals surface area contributed by atoms with Crippen molar-refractivity contribution in [3.05, 3.63) is 29.1 Å². The van der Waals surface area contributed by atoms with Crippen LogP contribution in [0.4, 0.5) is 10.1 Å². The standard InChI is InChI=1S/C15H22FNO/c1-10-4-6-17(7-5-10)15-8-11(2)14(16)9-13(15)12(3)18/h8-10,12,18H,4-7H2,1-3H3/t12-/m1/s1. The molecule has 0 spiro atoms. The summed E-state index contributed by atoms with van der Waals surface area (Å²) in [7, 11) is 0. The van der Waals surface area contributed by atoms with E-state index in [4.69, 9.17) is 0 Å². The van der Waals surface area contributed by atoms with E-state index < -0.39 is 6.10 Å². The molecule has 1 heterocycles. The molecule has 1 atom stereocenters. The Kier molecular flexibility index (Phi) is 3.91. The number of benzene rings is 1. The lowest BCUT2D eigenvalue weighted by molar-refractivity contribution is 0.199. The zero-order valence-corrected chi connectivity index (χ0v) is 11.4. The minimum Gasteiger partial charge on any atom is -0.389 e. The van der Waals surface area contributed by atoms with E-state index in [0.29, 0.717) is 11.1 Å². The van der Waals surface area contributed by atoms with Crippen molar-refractivity contribution >= 4 is 5.69 Å². The van der Waals surface area contributed by atoms with Crippen LogP contribution in [-0.4, -0.2) is 18.2 Å². The number of aryl methyl sites for hydroxylation is 1. The maximum atomic E-state index is 13.6. The monoisotopic (exact) mass is 251 g/mol. The van der Waals surface area contributed by atoms with Crippen LogP contribution in [0, 0.1) is 18.7 Å². The zero-order valence-electron chi connectivity index (χ0n) is 11.4. The molecule has 0 saturated carbocycles. The number of aliphatic hydroxyl groups is 1. The third-order valence-electron chi connectivity index (χ3n) is 3.88. The molecule has 3 heteroatoms. The summed E-state index contributed by atoms with van der Waals surface area (Å²) in [5.41, 5.74) is 2.34. The van der Waals surface area contributed by atoms with Crippen LogP contribution >= 0.6 is 0 Å². The molecule has 0 radical (unpaired) electrons.